The quantitative estimate of drug-likeness (QED) is 0.879. The summed E-state index contributed by atoms with van der Waals surface area (Å²) in [6, 6.07) is 6.09. The third-order valence-electron chi connectivity index (χ3n) is 3.52. The molecule has 0 aliphatic carbocycles. The summed E-state index contributed by atoms with van der Waals surface area (Å²) >= 11 is 1.83. The van der Waals surface area contributed by atoms with Crippen molar-refractivity contribution in [3.05, 3.63) is 41.7 Å². The molecule has 21 heavy (non-hydrogen) atoms. The lowest BCUT2D eigenvalue weighted by Gasteiger charge is -2.31. The fourth-order valence-electron chi connectivity index (χ4n) is 2.14. The Morgan fingerprint density at radius 1 is 1.33 bits per heavy atom. The second-order valence-corrected chi connectivity index (χ2v) is 6.50. The Balaban J connectivity index is 1.73. The predicted octanol–water partition coefficient (Wildman–Crippen LogP) is 2.60. The van der Waals surface area contributed by atoms with Crippen LogP contribution in [0.2, 0.25) is 0 Å². The summed E-state index contributed by atoms with van der Waals surface area (Å²) in [7, 11) is 0. The summed E-state index contributed by atoms with van der Waals surface area (Å²) < 4.78 is 12.7. The van der Waals surface area contributed by atoms with E-state index in [-0.39, 0.29) is 18.1 Å². The van der Waals surface area contributed by atoms with E-state index >= 15 is 0 Å². The van der Waals surface area contributed by atoms with Gasteiger partial charge in [-0.15, -0.1) is 0 Å². The maximum atomic E-state index is 12.7. The summed E-state index contributed by atoms with van der Waals surface area (Å²) in [6.07, 6.45) is 5.23. The molecular weight excluding hydrogens is 289 g/mol. The summed E-state index contributed by atoms with van der Waals surface area (Å²) in [4.78, 5) is 11.7. The van der Waals surface area contributed by atoms with E-state index in [4.69, 9.17) is 0 Å². The van der Waals surface area contributed by atoms with Crippen molar-refractivity contribution < 1.29 is 14.3 Å². The zero-order valence-corrected chi connectivity index (χ0v) is 12.7. The molecule has 5 heteroatoms. The van der Waals surface area contributed by atoms with Gasteiger partial charge in [0.25, 0.3) is 0 Å². The van der Waals surface area contributed by atoms with Crippen molar-refractivity contribution in [1.82, 2.24) is 5.32 Å². The van der Waals surface area contributed by atoms with Crippen LogP contribution in [0.3, 0.4) is 0 Å². The highest BCUT2D eigenvalue weighted by Crippen LogP contribution is 2.26. The lowest BCUT2D eigenvalue weighted by molar-refractivity contribution is -0.121. The van der Waals surface area contributed by atoms with Gasteiger partial charge in [0, 0.05) is 13.0 Å². The molecule has 1 fully saturated rings. The summed E-state index contributed by atoms with van der Waals surface area (Å²) in [5.41, 5.74) is 0.105. The average molecular weight is 309 g/mol. The van der Waals surface area contributed by atoms with E-state index in [1.807, 2.05) is 11.8 Å². The van der Waals surface area contributed by atoms with Crippen LogP contribution in [0.15, 0.2) is 30.3 Å². The zero-order chi connectivity index (χ0) is 15.1. The Kier molecular flexibility index (Phi) is 5.82. The Morgan fingerprint density at radius 2 is 2.00 bits per heavy atom. The highest BCUT2D eigenvalue weighted by molar-refractivity contribution is 7.99. The minimum atomic E-state index is -0.748. The van der Waals surface area contributed by atoms with Gasteiger partial charge in [-0.2, -0.15) is 11.8 Å². The van der Waals surface area contributed by atoms with Crippen molar-refractivity contribution in [2.75, 3.05) is 18.1 Å². The van der Waals surface area contributed by atoms with E-state index < -0.39 is 5.60 Å². The van der Waals surface area contributed by atoms with Gasteiger partial charge in [0.05, 0.1) is 5.60 Å². The maximum Gasteiger partial charge on any atom is 0.223 e. The van der Waals surface area contributed by atoms with Crippen molar-refractivity contribution in [2.24, 2.45) is 0 Å². The first-order valence-electron chi connectivity index (χ1n) is 7.06. The van der Waals surface area contributed by atoms with Crippen LogP contribution >= 0.6 is 11.8 Å². The molecule has 0 radical (unpaired) electrons. The number of hydrogen-bond donors (Lipinski definition) is 2. The van der Waals surface area contributed by atoms with Gasteiger partial charge in [-0.05, 0) is 42.0 Å². The Hall–Kier alpha value is -1.33. The fourth-order valence-corrected chi connectivity index (χ4v) is 3.39. The van der Waals surface area contributed by atoms with Crippen LogP contribution < -0.4 is 5.32 Å². The standard InChI is InChI=1S/C16H20FNO2S/c17-14-6-4-13(5-7-14)2-1-3-15(19)18-12-16(20)8-10-21-11-9-16/h1-2,4-7,20H,3,8-12H2,(H,18,19). The molecule has 0 bridgehead atoms. The van der Waals surface area contributed by atoms with Gasteiger partial charge in [0.15, 0.2) is 0 Å². The van der Waals surface area contributed by atoms with E-state index in [0.717, 1.165) is 29.9 Å². The lowest BCUT2D eigenvalue weighted by atomic mass is 9.97. The molecule has 0 spiro atoms. The molecule has 3 nitrogen and oxygen atoms in total. The second kappa shape index (κ2) is 7.61. The van der Waals surface area contributed by atoms with Crippen LogP contribution in [0.4, 0.5) is 4.39 Å². The summed E-state index contributed by atoms with van der Waals surface area (Å²) in [6.45, 7) is 0.316. The normalized spacial score (nSPS) is 17.8. The number of carbonyl (C=O) groups excluding carboxylic acids is 1. The third-order valence-corrected chi connectivity index (χ3v) is 4.51. The van der Waals surface area contributed by atoms with Gasteiger partial charge in [0.2, 0.25) is 5.91 Å². The molecule has 1 aromatic rings. The van der Waals surface area contributed by atoms with Crippen LogP contribution in [-0.2, 0) is 4.79 Å². The average Bonchev–Trinajstić information content (AvgIpc) is 2.48. The summed E-state index contributed by atoms with van der Waals surface area (Å²) in [5, 5.41) is 13.0. The number of thioether (sulfide) groups is 1. The Morgan fingerprint density at radius 3 is 2.67 bits per heavy atom. The first-order chi connectivity index (χ1) is 10.1. The molecule has 0 saturated carbocycles. The van der Waals surface area contributed by atoms with Crippen molar-refractivity contribution in [2.45, 2.75) is 24.9 Å². The van der Waals surface area contributed by atoms with E-state index in [1.54, 1.807) is 24.3 Å². The molecule has 114 valence electrons. The van der Waals surface area contributed by atoms with Gasteiger partial charge in [-0.25, -0.2) is 4.39 Å². The maximum absolute atomic E-state index is 12.7. The van der Waals surface area contributed by atoms with E-state index in [2.05, 4.69) is 5.32 Å². The summed E-state index contributed by atoms with van der Waals surface area (Å²) in [5.74, 6) is 1.50. The molecule has 2 rings (SSSR count). The van der Waals surface area contributed by atoms with E-state index in [9.17, 15) is 14.3 Å². The first-order valence-corrected chi connectivity index (χ1v) is 8.22. The Bertz CT molecular complexity index is 496. The van der Waals surface area contributed by atoms with E-state index in [1.165, 1.54) is 12.1 Å². The van der Waals surface area contributed by atoms with Crippen molar-refractivity contribution in [1.29, 1.82) is 0 Å². The molecule has 0 aromatic heterocycles. The van der Waals surface area contributed by atoms with Gasteiger partial charge in [-0.1, -0.05) is 24.3 Å². The monoisotopic (exact) mass is 309 g/mol. The molecule has 0 unspecified atom stereocenters. The number of amides is 1. The van der Waals surface area contributed by atoms with Crippen molar-refractivity contribution >= 4 is 23.7 Å². The molecule has 2 N–H and O–H groups in total. The molecule has 1 saturated heterocycles. The largest absolute Gasteiger partial charge is 0.388 e. The number of rotatable bonds is 5. The minimum absolute atomic E-state index is 0.111. The lowest BCUT2D eigenvalue weighted by Crippen LogP contribution is -2.45. The number of halogens is 1. The first kappa shape index (κ1) is 16.0. The number of nitrogens with one attached hydrogen (secondary N) is 1. The van der Waals surface area contributed by atoms with Crippen LogP contribution in [0.5, 0.6) is 0 Å². The van der Waals surface area contributed by atoms with Gasteiger partial charge in [-0.3, -0.25) is 4.79 Å². The number of hydrogen-bond acceptors (Lipinski definition) is 3. The molecule has 1 aliphatic heterocycles. The molecule has 1 aromatic carbocycles. The van der Waals surface area contributed by atoms with Gasteiger partial charge in [0.1, 0.15) is 5.82 Å². The third kappa shape index (κ3) is 5.52. The predicted molar refractivity (Wildman–Crippen MR) is 84.6 cm³/mol. The second-order valence-electron chi connectivity index (χ2n) is 5.27. The fraction of sp³-hybridized carbons (Fsp3) is 0.438. The van der Waals surface area contributed by atoms with Crippen molar-refractivity contribution in [3.63, 3.8) is 0 Å². The van der Waals surface area contributed by atoms with Gasteiger partial charge >= 0.3 is 0 Å². The molecule has 1 heterocycles. The highest BCUT2D eigenvalue weighted by Gasteiger charge is 2.29. The van der Waals surface area contributed by atoms with Gasteiger partial charge < -0.3 is 10.4 Å². The van der Waals surface area contributed by atoms with Crippen LogP contribution in [0.25, 0.3) is 6.08 Å². The molecular formula is C16H20FNO2S. The van der Waals surface area contributed by atoms with Crippen molar-refractivity contribution in [3.8, 4) is 0 Å². The smallest absolute Gasteiger partial charge is 0.223 e. The highest BCUT2D eigenvalue weighted by atomic mass is 32.2. The van der Waals surface area contributed by atoms with E-state index in [0.29, 0.717) is 6.54 Å². The SMILES string of the molecule is O=C(CC=Cc1ccc(F)cc1)NCC1(O)CCSCC1. The topological polar surface area (TPSA) is 49.3 Å². The minimum Gasteiger partial charge on any atom is -0.388 e. The Labute approximate surface area is 128 Å². The molecule has 1 aliphatic rings. The van der Waals surface area contributed by atoms with Crippen LogP contribution in [-0.4, -0.2) is 34.7 Å². The molecule has 0 atom stereocenters. The van der Waals surface area contributed by atoms with Crippen LogP contribution in [0.1, 0.15) is 24.8 Å². The van der Waals surface area contributed by atoms with Crippen LogP contribution in [0, 0.1) is 5.82 Å². The number of benzene rings is 1. The number of aliphatic hydroxyl groups is 1. The zero-order valence-electron chi connectivity index (χ0n) is 11.8. The molecule has 1 amide bonds. The number of carbonyl (C=O) groups is 1.